The highest BCUT2D eigenvalue weighted by Gasteiger charge is 2.59. The van der Waals surface area contributed by atoms with Gasteiger partial charge in [0.15, 0.2) is 0 Å². The van der Waals surface area contributed by atoms with Crippen molar-refractivity contribution in [3.63, 3.8) is 0 Å². The van der Waals surface area contributed by atoms with E-state index in [2.05, 4.69) is 79.6 Å². The average molecular weight is 796 g/mol. The highest BCUT2D eigenvalue weighted by molar-refractivity contribution is 7.48. The maximum Gasteiger partial charge on any atom is 0.475 e. The van der Waals surface area contributed by atoms with Gasteiger partial charge in [0, 0.05) is 23.1 Å². The zero-order valence-electron chi connectivity index (χ0n) is 34.5. The van der Waals surface area contributed by atoms with Gasteiger partial charge in [0.2, 0.25) is 0 Å². The van der Waals surface area contributed by atoms with E-state index in [0.29, 0.717) is 53.4 Å². The molecule has 56 heavy (non-hydrogen) atoms. The lowest BCUT2D eigenvalue weighted by molar-refractivity contribution is -0.0567. The Bertz CT molecular complexity index is 1900. The van der Waals surface area contributed by atoms with Crippen molar-refractivity contribution in [1.82, 2.24) is 9.55 Å². The third-order valence-corrected chi connectivity index (χ3v) is 16.3. The molecule has 1 aromatic rings. The van der Waals surface area contributed by atoms with Crippen molar-refractivity contribution in [2.24, 2.45) is 57.4 Å². The predicted molar refractivity (Wildman–Crippen MR) is 217 cm³/mol. The van der Waals surface area contributed by atoms with Crippen LogP contribution >= 0.6 is 7.82 Å². The van der Waals surface area contributed by atoms with Crippen LogP contribution in [0.1, 0.15) is 118 Å². The number of hydrogen-bond donors (Lipinski definition) is 1. The second-order valence-electron chi connectivity index (χ2n) is 18.1. The van der Waals surface area contributed by atoms with E-state index < -0.39 is 37.4 Å². The number of ether oxygens (including phenoxy) is 1. The number of nitrogens with one attached hydrogen (secondary N) is 1. The zero-order chi connectivity index (χ0) is 40.4. The standard InChI is InChI=1S/C42H63N6O7P/c1-9-29(26(2)3)11-10-27(4)33-14-15-34-32-13-12-30-22-31(16-18-41(30,6)35(32)17-19-42(33,34)7)55-56(51,52-21-20-44-8)53-25-37-36(46-47-43)23-38(54-37)48-24-28(5)39(49)45-40(48)50/h8,10-12,24,26-27,29,31-38H,9,13-23,25H2,1-7H3/p+1/b11-10+. The number of aromatic nitrogens is 2. The minimum Gasteiger partial charge on any atom is -0.352 e. The fraction of sp³-hybridized carbons (Fsp3) is 0.786. The summed E-state index contributed by atoms with van der Waals surface area (Å²) in [6, 6.07) is -0.738. The van der Waals surface area contributed by atoms with Crippen LogP contribution in [-0.2, 0) is 22.9 Å². The topological polar surface area (TPSA) is 162 Å². The van der Waals surface area contributed by atoms with Crippen LogP contribution in [0.15, 0.2) is 44.7 Å². The van der Waals surface area contributed by atoms with Crippen LogP contribution in [0.3, 0.4) is 0 Å². The molecule has 2 heterocycles. The summed E-state index contributed by atoms with van der Waals surface area (Å²) >= 11 is 0. The molecule has 0 amide bonds. The van der Waals surface area contributed by atoms with Gasteiger partial charge in [0.05, 0.1) is 24.9 Å². The molecule has 1 aliphatic heterocycles. The lowest BCUT2D eigenvalue weighted by Crippen LogP contribution is -2.50. The molecule has 14 heteroatoms. The molecule has 13 unspecified atom stereocenters. The number of H-pyrrole nitrogens is 1. The second-order valence-corrected chi connectivity index (χ2v) is 19.7. The van der Waals surface area contributed by atoms with Crippen molar-refractivity contribution in [3.8, 4) is 6.57 Å². The summed E-state index contributed by atoms with van der Waals surface area (Å²) in [4.78, 5) is 33.3. The molecule has 13 atom stereocenters. The fourth-order valence-electron chi connectivity index (χ4n) is 11.6. The average Bonchev–Trinajstić information content (AvgIpc) is 3.73. The molecule has 1 N–H and O–H groups in total. The van der Waals surface area contributed by atoms with E-state index in [9.17, 15) is 19.7 Å². The third-order valence-electron chi connectivity index (χ3n) is 14.8. The molecule has 308 valence electrons. The van der Waals surface area contributed by atoms with Gasteiger partial charge in [0.25, 0.3) is 18.7 Å². The second kappa shape index (κ2) is 17.5. The van der Waals surface area contributed by atoms with Gasteiger partial charge >= 0.3 is 13.5 Å². The molecule has 0 radical (unpaired) electrons. The number of fused-ring (bicyclic) bond motifs is 5. The van der Waals surface area contributed by atoms with E-state index in [-0.39, 0.29) is 37.7 Å². The number of phosphoric acid groups is 1. The van der Waals surface area contributed by atoms with Crippen molar-refractivity contribution in [2.75, 3.05) is 19.8 Å². The Balaban J connectivity index is 1.12. The van der Waals surface area contributed by atoms with Crippen molar-refractivity contribution >= 4 is 7.82 Å². The Hall–Kier alpha value is -2.97. The summed E-state index contributed by atoms with van der Waals surface area (Å²) in [5, 5.41) is 3.86. The first-order valence-electron chi connectivity index (χ1n) is 21.0. The molecule has 6 rings (SSSR count). The zero-order valence-corrected chi connectivity index (χ0v) is 35.4. The predicted octanol–water partition coefficient (Wildman–Crippen LogP) is 9.75. The number of hydrogen-bond acceptors (Lipinski definition) is 8. The number of rotatable bonds is 15. The Morgan fingerprint density at radius 2 is 1.93 bits per heavy atom. The molecule has 0 bridgehead atoms. The van der Waals surface area contributed by atoms with Gasteiger partial charge in [0.1, 0.15) is 12.8 Å². The van der Waals surface area contributed by atoms with Gasteiger partial charge in [-0.15, -0.1) is 0 Å². The maximum atomic E-state index is 14.3. The minimum atomic E-state index is -4.17. The Morgan fingerprint density at radius 3 is 2.64 bits per heavy atom. The van der Waals surface area contributed by atoms with E-state index in [1.807, 2.05) is 0 Å². The van der Waals surface area contributed by atoms with E-state index in [0.717, 1.165) is 24.7 Å². The number of allylic oxidation sites excluding steroid dienone is 3. The fourth-order valence-corrected chi connectivity index (χ4v) is 13.0. The van der Waals surface area contributed by atoms with Crippen molar-refractivity contribution in [3.05, 3.63) is 71.7 Å². The van der Waals surface area contributed by atoms with Gasteiger partial charge in [-0.1, -0.05) is 75.3 Å². The summed E-state index contributed by atoms with van der Waals surface area (Å²) in [5.41, 5.74) is 10.3. The lowest BCUT2D eigenvalue weighted by atomic mass is 9.47. The molecule has 3 saturated carbocycles. The number of aromatic amines is 1. The largest absolute Gasteiger partial charge is 0.475 e. The number of azide groups is 1. The van der Waals surface area contributed by atoms with E-state index in [1.165, 1.54) is 48.4 Å². The van der Waals surface area contributed by atoms with Crippen LogP contribution < -0.4 is 11.2 Å². The molecule has 1 aromatic heterocycles. The maximum absolute atomic E-state index is 14.3. The molecular formula is C42H64N6O7P+. The summed E-state index contributed by atoms with van der Waals surface area (Å²) in [6.07, 6.45) is 16.7. The molecule has 5 aliphatic rings. The Labute approximate surface area is 332 Å². The summed E-state index contributed by atoms with van der Waals surface area (Å²) < 4.78 is 39.6. The molecule has 13 nitrogen and oxygen atoms in total. The van der Waals surface area contributed by atoms with Crippen LogP contribution in [0.5, 0.6) is 0 Å². The van der Waals surface area contributed by atoms with Gasteiger partial charge in [-0.3, -0.25) is 27.9 Å². The van der Waals surface area contributed by atoms with E-state index in [4.69, 9.17) is 24.9 Å². The van der Waals surface area contributed by atoms with Gasteiger partial charge < -0.3 is 4.74 Å². The lowest BCUT2D eigenvalue weighted by Gasteiger charge is -2.58. The molecule has 0 aromatic carbocycles. The molecule has 4 aliphatic carbocycles. The monoisotopic (exact) mass is 795 g/mol. The van der Waals surface area contributed by atoms with Crippen LogP contribution in [-0.4, -0.2) is 47.6 Å². The van der Waals surface area contributed by atoms with Gasteiger partial charge in [-0.05, 0) is 122 Å². The first-order chi connectivity index (χ1) is 26.7. The number of aryl methyl sites for hydroxylation is 1. The summed E-state index contributed by atoms with van der Waals surface area (Å²) in [5.74, 6) is 4.64. The van der Waals surface area contributed by atoms with Gasteiger partial charge in [-0.25, -0.2) is 9.36 Å². The Morgan fingerprint density at radius 1 is 1.14 bits per heavy atom. The van der Waals surface area contributed by atoms with Gasteiger partial charge in [-0.2, -0.15) is 0 Å². The van der Waals surface area contributed by atoms with E-state index >= 15 is 0 Å². The van der Waals surface area contributed by atoms with Crippen molar-refractivity contribution < 1.29 is 22.9 Å². The molecular weight excluding hydrogens is 731 g/mol. The van der Waals surface area contributed by atoms with Crippen LogP contribution in [0, 0.1) is 65.8 Å². The van der Waals surface area contributed by atoms with Crippen molar-refractivity contribution in [2.45, 2.75) is 137 Å². The molecule has 0 spiro atoms. The van der Waals surface area contributed by atoms with Crippen LogP contribution in [0.25, 0.3) is 15.3 Å². The third kappa shape index (κ3) is 8.58. The molecule has 1 saturated heterocycles. The first-order valence-corrected chi connectivity index (χ1v) is 22.5. The highest BCUT2D eigenvalue weighted by Crippen LogP contribution is 2.68. The summed E-state index contributed by atoms with van der Waals surface area (Å²) in [7, 11) is -4.17. The first kappa shape index (κ1) is 42.6. The highest BCUT2D eigenvalue weighted by atomic mass is 31.2. The smallest absolute Gasteiger partial charge is 0.352 e. The number of nitrogens with zero attached hydrogens (tertiary/aromatic N) is 5. The van der Waals surface area contributed by atoms with Crippen LogP contribution in [0.2, 0.25) is 0 Å². The van der Waals surface area contributed by atoms with Crippen molar-refractivity contribution in [1.29, 1.82) is 0 Å². The van der Waals surface area contributed by atoms with E-state index in [1.54, 1.807) is 6.92 Å². The number of phosphoric ester groups is 1. The van der Waals surface area contributed by atoms with Crippen LogP contribution in [0.4, 0.5) is 0 Å². The molecule has 4 fully saturated rings. The minimum absolute atomic E-state index is 0.0663. The Kier molecular flexibility index (Phi) is 13.3. The normalized spacial score (nSPS) is 36.1. The summed E-state index contributed by atoms with van der Waals surface area (Å²) in [6.45, 7) is 21.2. The quantitative estimate of drug-likeness (QED) is 0.0461. The SMILES string of the molecule is C#[N+]CCOP(=O)(OCC1OC(n2cc(C)c(=O)[nH]c2=O)CC1N=[N+]=[N-])OC1CCC2(C)C(=CCC3C2CCC2(C)C(C(C)/C=C/C(CC)C(C)C)CCC32)C1.